The number of aliphatic imine (C=N–C) groups is 1. The maximum Gasteiger partial charge on any atom is 0.239 e. The zero-order valence-electron chi connectivity index (χ0n) is 16.0. The van der Waals surface area contributed by atoms with E-state index in [1.54, 1.807) is 7.11 Å². The lowest BCUT2D eigenvalue weighted by Crippen LogP contribution is -2.43. The third-order valence-electron chi connectivity index (χ3n) is 3.92. The molecule has 0 fully saturated rings. The SMILES string of the molecule is CCNC(=NCc1ccc(OC)cc1)NCC(=O)NCCc1ccccc1. The number of benzene rings is 2. The minimum Gasteiger partial charge on any atom is -0.497 e. The van der Waals surface area contributed by atoms with Crippen molar-refractivity contribution in [3.63, 3.8) is 0 Å². The van der Waals surface area contributed by atoms with Gasteiger partial charge in [0.15, 0.2) is 5.96 Å². The first kappa shape index (κ1) is 20.3. The van der Waals surface area contributed by atoms with Gasteiger partial charge in [0.2, 0.25) is 5.91 Å². The van der Waals surface area contributed by atoms with Crippen LogP contribution in [-0.4, -0.2) is 38.6 Å². The topological polar surface area (TPSA) is 74.8 Å². The van der Waals surface area contributed by atoms with Crippen LogP contribution >= 0.6 is 0 Å². The van der Waals surface area contributed by atoms with E-state index in [9.17, 15) is 4.79 Å². The monoisotopic (exact) mass is 368 g/mol. The maximum absolute atomic E-state index is 12.0. The van der Waals surface area contributed by atoms with Crippen molar-refractivity contribution >= 4 is 11.9 Å². The summed E-state index contributed by atoms with van der Waals surface area (Å²) >= 11 is 0. The van der Waals surface area contributed by atoms with Gasteiger partial charge in [-0.1, -0.05) is 42.5 Å². The molecule has 0 spiro atoms. The van der Waals surface area contributed by atoms with Gasteiger partial charge in [-0.25, -0.2) is 4.99 Å². The molecule has 0 aliphatic heterocycles. The summed E-state index contributed by atoms with van der Waals surface area (Å²) in [6.07, 6.45) is 0.818. The molecular weight excluding hydrogens is 340 g/mol. The zero-order valence-corrected chi connectivity index (χ0v) is 16.0. The summed E-state index contributed by atoms with van der Waals surface area (Å²) < 4.78 is 5.15. The molecule has 6 nitrogen and oxygen atoms in total. The van der Waals surface area contributed by atoms with E-state index in [0.29, 0.717) is 19.0 Å². The van der Waals surface area contributed by atoms with Crippen molar-refractivity contribution in [2.24, 2.45) is 4.99 Å². The lowest BCUT2D eigenvalue weighted by atomic mass is 10.1. The second kappa shape index (κ2) is 11.6. The van der Waals surface area contributed by atoms with Crippen LogP contribution < -0.4 is 20.7 Å². The van der Waals surface area contributed by atoms with E-state index in [4.69, 9.17) is 4.74 Å². The maximum atomic E-state index is 12.0. The number of hydrogen-bond donors (Lipinski definition) is 3. The largest absolute Gasteiger partial charge is 0.497 e. The molecule has 0 heterocycles. The number of nitrogens with one attached hydrogen (secondary N) is 3. The van der Waals surface area contributed by atoms with Gasteiger partial charge in [-0.2, -0.15) is 0 Å². The molecule has 0 saturated heterocycles. The quantitative estimate of drug-likeness (QED) is 0.468. The normalized spacial score (nSPS) is 11.0. The molecule has 6 heteroatoms. The van der Waals surface area contributed by atoms with E-state index in [0.717, 1.165) is 24.3 Å². The van der Waals surface area contributed by atoms with Gasteiger partial charge in [0.1, 0.15) is 5.75 Å². The third-order valence-corrected chi connectivity index (χ3v) is 3.92. The first-order chi connectivity index (χ1) is 13.2. The number of methoxy groups -OCH3 is 1. The van der Waals surface area contributed by atoms with Crippen molar-refractivity contribution in [2.75, 3.05) is 26.7 Å². The Hall–Kier alpha value is -3.02. The molecule has 0 bridgehead atoms. The van der Waals surface area contributed by atoms with Gasteiger partial charge in [0.25, 0.3) is 0 Å². The summed E-state index contributed by atoms with van der Waals surface area (Å²) in [6.45, 7) is 4.04. The molecule has 0 aliphatic carbocycles. The Balaban J connectivity index is 1.75. The van der Waals surface area contributed by atoms with Gasteiger partial charge >= 0.3 is 0 Å². The van der Waals surface area contributed by atoms with E-state index in [1.807, 2.05) is 49.4 Å². The average molecular weight is 368 g/mol. The fourth-order valence-corrected chi connectivity index (χ4v) is 2.46. The summed E-state index contributed by atoms with van der Waals surface area (Å²) in [4.78, 5) is 16.5. The molecule has 0 aromatic heterocycles. The van der Waals surface area contributed by atoms with Crippen molar-refractivity contribution in [1.29, 1.82) is 0 Å². The zero-order chi connectivity index (χ0) is 19.3. The van der Waals surface area contributed by atoms with Crippen molar-refractivity contribution < 1.29 is 9.53 Å². The number of ether oxygens (including phenoxy) is 1. The number of carbonyl (C=O) groups is 1. The second-order valence-electron chi connectivity index (χ2n) is 5.98. The van der Waals surface area contributed by atoms with E-state index >= 15 is 0 Å². The van der Waals surface area contributed by atoms with Crippen LogP contribution in [0, 0.1) is 0 Å². The molecule has 1 amide bonds. The number of guanidine groups is 1. The van der Waals surface area contributed by atoms with Gasteiger partial charge in [-0.05, 0) is 36.6 Å². The van der Waals surface area contributed by atoms with E-state index < -0.39 is 0 Å². The fraction of sp³-hybridized carbons (Fsp3) is 0.333. The first-order valence-electron chi connectivity index (χ1n) is 9.17. The van der Waals surface area contributed by atoms with Crippen LogP contribution in [0.1, 0.15) is 18.1 Å². The predicted molar refractivity (Wildman–Crippen MR) is 109 cm³/mol. The van der Waals surface area contributed by atoms with Crippen LogP contribution in [0.15, 0.2) is 59.6 Å². The number of carbonyl (C=O) groups excluding carboxylic acids is 1. The van der Waals surface area contributed by atoms with Gasteiger partial charge in [0.05, 0.1) is 20.2 Å². The second-order valence-corrected chi connectivity index (χ2v) is 5.98. The van der Waals surface area contributed by atoms with Crippen LogP contribution in [0.3, 0.4) is 0 Å². The van der Waals surface area contributed by atoms with Gasteiger partial charge in [-0.15, -0.1) is 0 Å². The van der Waals surface area contributed by atoms with Crippen LogP contribution in [0.5, 0.6) is 5.75 Å². The lowest BCUT2D eigenvalue weighted by Gasteiger charge is -2.11. The van der Waals surface area contributed by atoms with Crippen LogP contribution in [0.2, 0.25) is 0 Å². The Morgan fingerprint density at radius 1 is 0.963 bits per heavy atom. The summed E-state index contributed by atoms with van der Waals surface area (Å²) in [6, 6.07) is 17.9. The highest BCUT2D eigenvalue weighted by molar-refractivity contribution is 5.86. The third kappa shape index (κ3) is 7.81. The highest BCUT2D eigenvalue weighted by Gasteiger charge is 2.03. The summed E-state index contributed by atoms with van der Waals surface area (Å²) in [5.74, 6) is 1.38. The molecule has 144 valence electrons. The molecule has 3 N–H and O–H groups in total. The van der Waals surface area contributed by atoms with Gasteiger partial charge in [0, 0.05) is 13.1 Å². The molecular formula is C21H28N4O2. The lowest BCUT2D eigenvalue weighted by molar-refractivity contribution is -0.119. The number of rotatable bonds is 9. The Bertz CT molecular complexity index is 715. The molecule has 0 unspecified atom stereocenters. The molecule has 0 radical (unpaired) electrons. The van der Waals surface area contributed by atoms with E-state index in [-0.39, 0.29) is 12.5 Å². The standard InChI is InChI=1S/C21H28N4O2/c1-3-22-21(24-15-18-9-11-19(27-2)12-10-18)25-16-20(26)23-14-13-17-7-5-4-6-8-17/h4-12H,3,13-16H2,1-2H3,(H,23,26)(H2,22,24,25). The van der Waals surface area contributed by atoms with E-state index in [2.05, 4.69) is 33.1 Å². The highest BCUT2D eigenvalue weighted by Crippen LogP contribution is 2.11. The van der Waals surface area contributed by atoms with Crippen LogP contribution in [0.4, 0.5) is 0 Å². The average Bonchev–Trinajstić information content (AvgIpc) is 2.71. The number of amides is 1. The molecule has 2 aromatic carbocycles. The van der Waals surface area contributed by atoms with Gasteiger partial charge in [-0.3, -0.25) is 4.79 Å². The fourth-order valence-electron chi connectivity index (χ4n) is 2.46. The summed E-state index contributed by atoms with van der Waals surface area (Å²) in [5, 5.41) is 9.13. The molecule has 2 aromatic rings. The Kier molecular flexibility index (Phi) is 8.69. The Morgan fingerprint density at radius 2 is 1.70 bits per heavy atom. The summed E-state index contributed by atoms with van der Waals surface area (Å²) in [5.41, 5.74) is 2.28. The minimum absolute atomic E-state index is 0.0546. The number of hydrogen-bond acceptors (Lipinski definition) is 3. The summed E-state index contributed by atoms with van der Waals surface area (Å²) in [7, 11) is 1.64. The van der Waals surface area contributed by atoms with Gasteiger partial charge < -0.3 is 20.7 Å². The van der Waals surface area contributed by atoms with Crippen molar-refractivity contribution in [1.82, 2.24) is 16.0 Å². The first-order valence-corrected chi connectivity index (χ1v) is 9.17. The molecule has 2 rings (SSSR count). The predicted octanol–water partition coefficient (Wildman–Crippen LogP) is 2.11. The molecule has 0 atom stereocenters. The molecule has 0 saturated carbocycles. The molecule has 0 aliphatic rings. The van der Waals surface area contributed by atoms with E-state index in [1.165, 1.54) is 5.56 Å². The minimum atomic E-state index is -0.0546. The van der Waals surface area contributed by atoms with Crippen molar-refractivity contribution in [2.45, 2.75) is 19.9 Å². The van der Waals surface area contributed by atoms with Crippen LogP contribution in [-0.2, 0) is 17.8 Å². The van der Waals surface area contributed by atoms with Crippen molar-refractivity contribution in [3.05, 3.63) is 65.7 Å². The van der Waals surface area contributed by atoms with Crippen molar-refractivity contribution in [3.8, 4) is 5.75 Å². The smallest absolute Gasteiger partial charge is 0.239 e. The Morgan fingerprint density at radius 3 is 2.37 bits per heavy atom. The Labute approximate surface area is 161 Å². The number of nitrogens with zero attached hydrogens (tertiary/aromatic N) is 1. The van der Waals surface area contributed by atoms with Crippen LogP contribution in [0.25, 0.3) is 0 Å². The molecule has 27 heavy (non-hydrogen) atoms. The highest BCUT2D eigenvalue weighted by atomic mass is 16.5.